The Bertz CT molecular complexity index is 887. The SMILES string of the molecule is CCNC(=NCc1ccc2c(c1)OCO2)NCC(O)CN1CCc2ccccc2C1. The fourth-order valence-corrected chi connectivity index (χ4v) is 3.84. The van der Waals surface area contributed by atoms with E-state index in [0.29, 0.717) is 25.6 Å². The fourth-order valence-electron chi connectivity index (χ4n) is 3.84. The summed E-state index contributed by atoms with van der Waals surface area (Å²) in [6, 6.07) is 14.4. The highest BCUT2D eigenvalue weighted by atomic mass is 16.7. The minimum Gasteiger partial charge on any atom is -0.454 e. The minimum absolute atomic E-state index is 0.271. The number of guanidine groups is 1. The number of aliphatic hydroxyl groups is 1. The molecule has 1 atom stereocenters. The number of nitrogens with one attached hydrogen (secondary N) is 2. The molecule has 7 heteroatoms. The lowest BCUT2D eigenvalue weighted by molar-refractivity contribution is 0.108. The molecule has 0 amide bonds. The standard InChI is InChI=1S/C23H30N4O3/c1-2-24-23(25-12-17-7-8-21-22(11-17)30-16-29-21)26-13-20(28)15-27-10-9-18-5-3-4-6-19(18)14-27/h3-8,11,20,28H,2,9-10,12-16H2,1H3,(H2,24,25,26). The molecule has 3 N–H and O–H groups in total. The maximum atomic E-state index is 10.5. The maximum Gasteiger partial charge on any atom is 0.231 e. The second kappa shape index (κ2) is 9.82. The third kappa shape index (κ3) is 5.23. The van der Waals surface area contributed by atoms with Gasteiger partial charge in [0.15, 0.2) is 17.5 Å². The number of β-amino-alcohol motifs (C(OH)–C–C–N with tert-alkyl or cyclic N) is 1. The summed E-state index contributed by atoms with van der Waals surface area (Å²) in [6.07, 6.45) is 0.570. The smallest absolute Gasteiger partial charge is 0.231 e. The summed E-state index contributed by atoms with van der Waals surface area (Å²) in [5.41, 5.74) is 3.83. The predicted molar refractivity (Wildman–Crippen MR) is 117 cm³/mol. The van der Waals surface area contributed by atoms with Crippen LogP contribution in [0.5, 0.6) is 11.5 Å². The number of ether oxygens (including phenoxy) is 2. The molecule has 0 bridgehead atoms. The fraction of sp³-hybridized carbons (Fsp3) is 0.435. The molecule has 4 rings (SSSR count). The van der Waals surface area contributed by atoms with Crippen molar-refractivity contribution in [2.75, 3.05) is 33.0 Å². The van der Waals surface area contributed by atoms with Gasteiger partial charge in [-0.1, -0.05) is 30.3 Å². The van der Waals surface area contributed by atoms with Gasteiger partial charge >= 0.3 is 0 Å². The minimum atomic E-state index is -0.468. The molecule has 30 heavy (non-hydrogen) atoms. The van der Waals surface area contributed by atoms with Crippen LogP contribution in [0, 0.1) is 0 Å². The van der Waals surface area contributed by atoms with Crippen LogP contribution in [0.3, 0.4) is 0 Å². The lowest BCUT2D eigenvalue weighted by atomic mass is 10.00. The number of hydrogen-bond acceptors (Lipinski definition) is 5. The van der Waals surface area contributed by atoms with Gasteiger partial charge in [-0.2, -0.15) is 0 Å². The van der Waals surface area contributed by atoms with Crippen molar-refractivity contribution in [3.63, 3.8) is 0 Å². The number of benzene rings is 2. The van der Waals surface area contributed by atoms with E-state index in [1.54, 1.807) is 0 Å². The van der Waals surface area contributed by atoms with Crippen LogP contribution >= 0.6 is 0 Å². The van der Waals surface area contributed by atoms with E-state index < -0.39 is 6.10 Å². The van der Waals surface area contributed by atoms with Crippen molar-refractivity contribution < 1.29 is 14.6 Å². The molecule has 0 aliphatic carbocycles. The van der Waals surface area contributed by atoms with Crippen molar-refractivity contribution in [2.45, 2.75) is 32.5 Å². The zero-order valence-corrected chi connectivity index (χ0v) is 17.4. The Kier molecular flexibility index (Phi) is 6.71. The molecule has 7 nitrogen and oxygen atoms in total. The lowest BCUT2D eigenvalue weighted by Crippen LogP contribution is -2.45. The van der Waals surface area contributed by atoms with Crippen molar-refractivity contribution in [2.24, 2.45) is 4.99 Å². The third-order valence-electron chi connectivity index (χ3n) is 5.38. The van der Waals surface area contributed by atoms with Gasteiger partial charge in [0, 0.05) is 32.7 Å². The first-order valence-corrected chi connectivity index (χ1v) is 10.6. The summed E-state index contributed by atoms with van der Waals surface area (Å²) in [7, 11) is 0. The van der Waals surface area contributed by atoms with Gasteiger partial charge in [0.25, 0.3) is 0 Å². The molecule has 0 aromatic heterocycles. The lowest BCUT2D eigenvalue weighted by Gasteiger charge is -2.30. The van der Waals surface area contributed by atoms with Gasteiger partial charge in [-0.25, -0.2) is 4.99 Å². The van der Waals surface area contributed by atoms with Crippen LogP contribution < -0.4 is 20.1 Å². The van der Waals surface area contributed by atoms with Gasteiger partial charge in [0.05, 0.1) is 12.6 Å². The van der Waals surface area contributed by atoms with Crippen molar-refractivity contribution in [3.05, 3.63) is 59.2 Å². The average Bonchev–Trinajstić information content (AvgIpc) is 3.23. The van der Waals surface area contributed by atoms with Crippen LogP contribution in [0.4, 0.5) is 0 Å². The molecule has 1 unspecified atom stereocenters. The van der Waals surface area contributed by atoms with Crippen LogP contribution in [0.15, 0.2) is 47.5 Å². The first-order chi connectivity index (χ1) is 14.7. The highest BCUT2D eigenvalue weighted by Gasteiger charge is 2.18. The van der Waals surface area contributed by atoms with Gasteiger partial charge in [0.1, 0.15) is 0 Å². The van der Waals surface area contributed by atoms with Crippen molar-refractivity contribution in [1.29, 1.82) is 0 Å². The number of nitrogens with zero attached hydrogens (tertiary/aromatic N) is 2. The summed E-state index contributed by atoms with van der Waals surface area (Å²) < 4.78 is 10.8. The molecule has 0 radical (unpaired) electrons. The van der Waals surface area contributed by atoms with E-state index in [9.17, 15) is 5.11 Å². The zero-order valence-electron chi connectivity index (χ0n) is 17.4. The Morgan fingerprint density at radius 2 is 1.97 bits per heavy atom. The molecule has 2 heterocycles. The second-order valence-electron chi connectivity index (χ2n) is 7.67. The molecule has 2 aromatic carbocycles. The van der Waals surface area contributed by atoms with E-state index in [1.165, 1.54) is 11.1 Å². The van der Waals surface area contributed by atoms with Crippen molar-refractivity contribution in [3.8, 4) is 11.5 Å². The Hall–Kier alpha value is -2.77. The highest BCUT2D eigenvalue weighted by molar-refractivity contribution is 5.79. The molecule has 2 aliphatic heterocycles. The normalized spacial score (nSPS) is 16.8. The number of aliphatic hydroxyl groups excluding tert-OH is 1. The summed E-state index contributed by atoms with van der Waals surface area (Å²) >= 11 is 0. The van der Waals surface area contributed by atoms with Gasteiger partial charge in [-0.3, -0.25) is 4.90 Å². The van der Waals surface area contributed by atoms with E-state index >= 15 is 0 Å². The molecular formula is C23H30N4O3. The number of hydrogen-bond donors (Lipinski definition) is 3. The topological polar surface area (TPSA) is 78.4 Å². The molecule has 2 aliphatic rings. The molecule has 0 saturated carbocycles. The van der Waals surface area contributed by atoms with Gasteiger partial charge in [0.2, 0.25) is 6.79 Å². The second-order valence-corrected chi connectivity index (χ2v) is 7.67. The van der Waals surface area contributed by atoms with E-state index in [-0.39, 0.29) is 6.79 Å². The Morgan fingerprint density at radius 3 is 2.83 bits per heavy atom. The first-order valence-electron chi connectivity index (χ1n) is 10.6. The van der Waals surface area contributed by atoms with Crippen LogP contribution in [0.25, 0.3) is 0 Å². The molecule has 0 fully saturated rings. The zero-order chi connectivity index (χ0) is 20.8. The van der Waals surface area contributed by atoms with Crippen LogP contribution in [0.1, 0.15) is 23.6 Å². The van der Waals surface area contributed by atoms with E-state index in [2.05, 4.69) is 44.8 Å². The highest BCUT2D eigenvalue weighted by Crippen LogP contribution is 2.32. The monoisotopic (exact) mass is 410 g/mol. The quantitative estimate of drug-likeness (QED) is 0.478. The van der Waals surface area contributed by atoms with E-state index in [4.69, 9.17) is 9.47 Å². The number of rotatable bonds is 7. The van der Waals surface area contributed by atoms with Crippen LogP contribution in [-0.4, -0.2) is 55.0 Å². The number of fused-ring (bicyclic) bond motifs is 2. The van der Waals surface area contributed by atoms with Crippen LogP contribution in [0.2, 0.25) is 0 Å². The molecule has 0 spiro atoms. The van der Waals surface area contributed by atoms with Gasteiger partial charge < -0.3 is 25.2 Å². The summed E-state index contributed by atoms with van der Waals surface area (Å²) in [5, 5.41) is 17.0. The summed E-state index contributed by atoms with van der Waals surface area (Å²) in [6.45, 7) is 6.54. The van der Waals surface area contributed by atoms with Crippen LogP contribution in [-0.2, 0) is 19.5 Å². The van der Waals surface area contributed by atoms with E-state index in [0.717, 1.165) is 43.1 Å². The average molecular weight is 411 g/mol. The van der Waals surface area contributed by atoms with Crippen molar-refractivity contribution >= 4 is 5.96 Å². The molecule has 2 aromatic rings. The summed E-state index contributed by atoms with van der Waals surface area (Å²) in [4.78, 5) is 6.94. The Morgan fingerprint density at radius 1 is 1.13 bits per heavy atom. The molecule has 160 valence electrons. The summed E-state index contributed by atoms with van der Waals surface area (Å²) in [5.74, 6) is 2.23. The van der Waals surface area contributed by atoms with E-state index in [1.807, 2.05) is 25.1 Å². The first kappa shape index (κ1) is 20.5. The Labute approximate surface area is 177 Å². The number of aliphatic imine (C=N–C) groups is 1. The molecule has 0 saturated heterocycles. The van der Waals surface area contributed by atoms with Gasteiger partial charge in [-0.15, -0.1) is 0 Å². The van der Waals surface area contributed by atoms with Crippen molar-refractivity contribution in [1.82, 2.24) is 15.5 Å². The van der Waals surface area contributed by atoms with Gasteiger partial charge in [-0.05, 0) is 42.2 Å². The third-order valence-corrected chi connectivity index (χ3v) is 5.38. The molecular weight excluding hydrogens is 380 g/mol. The largest absolute Gasteiger partial charge is 0.454 e. The maximum absolute atomic E-state index is 10.5. The predicted octanol–water partition coefficient (Wildman–Crippen LogP) is 1.89. The Balaban J connectivity index is 1.27.